The van der Waals surface area contributed by atoms with Gasteiger partial charge in [0.25, 0.3) is 0 Å². The Kier molecular flexibility index (Phi) is 3.86. The first-order valence-electron chi connectivity index (χ1n) is 6.28. The van der Waals surface area contributed by atoms with Crippen molar-refractivity contribution in [3.8, 4) is 6.07 Å². The predicted octanol–water partition coefficient (Wildman–Crippen LogP) is 3.08. The summed E-state index contributed by atoms with van der Waals surface area (Å²) >= 11 is 0. The number of nitrogens with zero attached hydrogens (tertiary/aromatic N) is 2. The highest BCUT2D eigenvalue weighted by molar-refractivity contribution is 5.51. The van der Waals surface area contributed by atoms with E-state index in [0.717, 1.165) is 24.1 Å². The van der Waals surface area contributed by atoms with Crippen molar-refractivity contribution >= 4 is 5.69 Å². The maximum atomic E-state index is 13.2. The van der Waals surface area contributed by atoms with Gasteiger partial charge in [0.15, 0.2) is 0 Å². The van der Waals surface area contributed by atoms with Crippen molar-refractivity contribution in [2.45, 2.75) is 26.3 Å². The Labute approximate surface area is 112 Å². The standard InChI is InChI=1S/C15H16FN3/c1-2-4-15-14(18)8-13(9-17)19(15)10-11-5-3-6-12(16)7-11/h3,5-8H,2,4,10,18H2,1H3. The molecule has 0 radical (unpaired) electrons. The van der Waals surface area contributed by atoms with Crippen LogP contribution in [0.2, 0.25) is 0 Å². The first kappa shape index (κ1) is 13.2. The second-order valence-corrected chi connectivity index (χ2v) is 4.51. The number of nitriles is 1. The molecule has 98 valence electrons. The molecule has 0 aliphatic carbocycles. The van der Waals surface area contributed by atoms with E-state index in [1.165, 1.54) is 12.1 Å². The number of nitrogen functional groups attached to an aromatic ring is 1. The molecule has 1 aromatic heterocycles. The average molecular weight is 257 g/mol. The Balaban J connectivity index is 2.41. The van der Waals surface area contributed by atoms with Crippen LogP contribution in [0.4, 0.5) is 10.1 Å². The van der Waals surface area contributed by atoms with Gasteiger partial charge in [-0.05, 0) is 30.2 Å². The summed E-state index contributed by atoms with van der Waals surface area (Å²) in [5.41, 5.74) is 8.87. The molecule has 0 spiro atoms. The van der Waals surface area contributed by atoms with Gasteiger partial charge in [-0.1, -0.05) is 25.5 Å². The van der Waals surface area contributed by atoms with Gasteiger partial charge < -0.3 is 10.3 Å². The summed E-state index contributed by atoms with van der Waals surface area (Å²) in [5, 5.41) is 9.16. The van der Waals surface area contributed by atoms with E-state index in [-0.39, 0.29) is 5.82 Å². The SMILES string of the molecule is CCCc1c(N)cc(C#N)n1Cc1cccc(F)c1. The maximum absolute atomic E-state index is 13.2. The third-order valence-electron chi connectivity index (χ3n) is 3.07. The zero-order chi connectivity index (χ0) is 13.8. The van der Waals surface area contributed by atoms with Gasteiger partial charge in [0.1, 0.15) is 17.6 Å². The molecule has 0 bridgehead atoms. The number of nitrogens with two attached hydrogens (primary N) is 1. The van der Waals surface area contributed by atoms with Crippen molar-refractivity contribution in [3.05, 3.63) is 53.1 Å². The number of hydrogen-bond donors (Lipinski definition) is 1. The van der Waals surface area contributed by atoms with Crippen molar-refractivity contribution in [1.29, 1.82) is 5.26 Å². The van der Waals surface area contributed by atoms with Crippen LogP contribution in [0.3, 0.4) is 0 Å². The van der Waals surface area contributed by atoms with Crippen molar-refractivity contribution in [3.63, 3.8) is 0 Å². The summed E-state index contributed by atoms with van der Waals surface area (Å²) in [4.78, 5) is 0. The highest BCUT2D eigenvalue weighted by Crippen LogP contribution is 2.21. The van der Waals surface area contributed by atoms with E-state index in [9.17, 15) is 4.39 Å². The van der Waals surface area contributed by atoms with Gasteiger partial charge >= 0.3 is 0 Å². The molecular formula is C15H16FN3. The van der Waals surface area contributed by atoms with Gasteiger partial charge in [-0.15, -0.1) is 0 Å². The number of aromatic nitrogens is 1. The molecular weight excluding hydrogens is 241 g/mol. The highest BCUT2D eigenvalue weighted by Gasteiger charge is 2.12. The monoisotopic (exact) mass is 257 g/mol. The summed E-state index contributed by atoms with van der Waals surface area (Å²) in [7, 11) is 0. The normalized spacial score (nSPS) is 10.4. The van der Waals surface area contributed by atoms with Crippen LogP contribution in [0.1, 0.15) is 30.3 Å². The smallest absolute Gasteiger partial charge is 0.123 e. The summed E-state index contributed by atoms with van der Waals surface area (Å²) < 4.78 is 15.1. The summed E-state index contributed by atoms with van der Waals surface area (Å²) in [6, 6.07) is 10.2. The van der Waals surface area contributed by atoms with Gasteiger partial charge in [0, 0.05) is 12.2 Å². The van der Waals surface area contributed by atoms with Crippen molar-refractivity contribution in [2.75, 3.05) is 5.73 Å². The van der Waals surface area contributed by atoms with Gasteiger partial charge in [-0.2, -0.15) is 5.26 Å². The summed E-state index contributed by atoms with van der Waals surface area (Å²) in [5.74, 6) is -0.270. The van der Waals surface area contributed by atoms with E-state index in [4.69, 9.17) is 11.0 Å². The van der Waals surface area contributed by atoms with Crippen LogP contribution in [0, 0.1) is 17.1 Å². The Morgan fingerprint density at radius 3 is 2.79 bits per heavy atom. The zero-order valence-corrected chi connectivity index (χ0v) is 10.9. The van der Waals surface area contributed by atoms with E-state index in [2.05, 4.69) is 13.0 Å². The number of hydrogen-bond acceptors (Lipinski definition) is 2. The lowest BCUT2D eigenvalue weighted by atomic mass is 10.2. The Bertz CT molecular complexity index is 623. The minimum atomic E-state index is -0.270. The second kappa shape index (κ2) is 5.57. The van der Waals surface area contributed by atoms with Gasteiger partial charge in [0.05, 0.1) is 5.69 Å². The molecule has 0 fully saturated rings. The molecule has 0 saturated heterocycles. The topological polar surface area (TPSA) is 54.7 Å². The van der Waals surface area contributed by atoms with Crippen LogP contribution in [0.25, 0.3) is 0 Å². The summed E-state index contributed by atoms with van der Waals surface area (Å²) in [6.07, 6.45) is 1.76. The van der Waals surface area contributed by atoms with Crippen LogP contribution in [0.5, 0.6) is 0 Å². The molecule has 2 N–H and O–H groups in total. The quantitative estimate of drug-likeness (QED) is 0.915. The fourth-order valence-electron chi connectivity index (χ4n) is 2.22. The van der Waals surface area contributed by atoms with E-state index in [0.29, 0.717) is 17.9 Å². The number of rotatable bonds is 4. The molecule has 0 aliphatic rings. The minimum Gasteiger partial charge on any atom is -0.397 e. The fourth-order valence-corrected chi connectivity index (χ4v) is 2.22. The Morgan fingerprint density at radius 1 is 1.37 bits per heavy atom. The Hall–Kier alpha value is -2.28. The molecule has 0 aliphatic heterocycles. The second-order valence-electron chi connectivity index (χ2n) is 4.51. The first-order valence-corrected chi connectivity index (χ1v) is 6.28. The largest absolute Gasteiger partial charge is 0.397 e. The van der Waals surface area contributed by atoms with Crippen LogP contribution >= 0.6 is 0 Å². The van der Waals surface area contributed by atoms with Gasteiger partial charge in [-0.25, -0.2) is 4.39 Å². The molecule has 0 unspecified atom stereocenters. The Morgan fingerprint density at radius 2 is 2.16 bits per heavy atom. The van der Waals surface area contributed by atoms with Gasteiger partial charge in [0.2, 0.25) is 0 Å². The van der Waals surface area contributed by atoms with E-state index >= 15 is 0 Å². The number of anilines is 1. The summed E-state index contributed by atoms with van der Waals surface area (Å²) in [6.45, 7) is 2.53. The van der Waals surface area contributed by atoms with E-state index < -0.39 is 0 Å². The van der Waals surface area contributed by atoms with Crippen molar-refractivity contribution in [2.24, 2.45) is 0 Å². The van der Waals surface area contributed by atoms with E-state index in [1.54, 1.807) is 12.1 Å². The molecule has 0 saturated carbocycles. The fraction of sp³-hybridized carbons (Fsp3) is 0.267. The first-order chi connectivity index (χ1) is 9.15. The third kappa shape index (κ3) is 2.76. The van der Waals surface area contributed by atoms with Crippen molar-refractivity contribution < 1.29 is 4.39 Å². The molecule has 4 heteroatoms. The number of benzene rings is 1. The zero-order valence-electron chi connectivity index (χ0n) is 10.9. The van der Waals surface area contributed by atoms with E-state index in [1.807, 2.05) is 10.6 Å². The van der Waals surface area contributed by atoms with Crippen LogP contribution < -0.4 is 5.73 Å². The lowest BCUT2D eigenvalue weighted by molar-refractivity contribution is 0.622. The molecule has 2 aromatic rings. The molecule has 2 rings (SSSR count). The molecule has 1 aromatic carbocycles. The molecule has 3 nitrogen and oxygen atoms in total. The van der Waals surface area contributed by atoms with Crippen molar-refractivity contribution in [1.82, 2.24) is 4.57 Å². The maximum Gasteiger partial charge on any atom is 0.123 e. The minimum absolute atomic E-state index is 0.270. The predicted molar refractivity (Wildman–Crippen MR) is 73.1 cm³/mol. The molecule has 0 atom stereocenters. The number of halogens is 1. The molecule has 0 amide bonds. The third-order valence-corrected chi connectivity index (χ3v) is 3.07. The van der Waals surface area contributed by atoms with Crippen LogP contribution in [-0.2, 0) is 13.0 Å². The average Bonchev–Trinajstić information content (AvgIpc) is 2.67. The highest BCUT2D eigenvalue weighted by atomic mass is 19.1. The lowest BCUT2D eigenvalue weighted by Gasteiger charge is -2.11. The molecule has 19 heavy (non-hydrogen) atoms. The van der Waals surface area contributed by atoms with Crippen LogP contribution in [0.15, 0.2) is 30.3 Å². The molecule has 1 heterocycles. The van der Waals surface area contributed by atoms with Gasteiger partial charge in [-0.3, -0.25) is 0 Å². The lowest BCUT2D eigenvalue weighted by Crippen LogP contribution is -2.08. The van der Waals surface area contributed by atoms with Crippen LogP contribution in [-0.4, -0.2) is 4.57 Å².